The first-order valence-corrected chi connectivity index (χ1v) is 7.26. The number of hydrogen-bond acceptors (Lipinski definition) is 3. The van der Waals surface area contributed by atoms with Gasteiger partial charge in [0.05, 0.1) is 11.7 Å². The molecule has 106 valence electrons. The summed E-state index contributed by atoms with van der Waals surface area (Å²) in [5, 5.41) is 20.6. The van der Waals surface area contributed by atoms with Crippen molar-refractivity contribution in [3.63, 3.8) is 0 Å². The van der Waals surface area contributed by atoms with Gasteiger partial charge in [0.15, 0.2) is 0 Å². The van der Waals surface area contributed by atoms with Crippen molar-refractivity contribution in [1.29, 1.82) is 0 Å². The van der Waals surface area contributed by atoms with Crippen LogP contribution in [0.15, 0.2) is 24.3 Å². The van der Waals surface area contributed by atoms with Gasteiger partial charge in [-0.1, -0.05) is 38.0 Å². The number of para-hydroxylation sites is 1. The predicted molar refractivity (Wildman–Crippen MR) is 78.4 cm³/mol. The van der Waals surface area contributed by atoms with Crippen LogP contribution in [-0.4, -0.2) is 29.4 Å². The summed E-state index contributed by atoms with van der Waals surface area (Å²) in [7, 11) is 2.00. The molecule has 0 aliphatic heterocycles. The summed E-state index contributed by atoms with van der Waals surface area (Å²) in [5.41, 5.74) is 1.42. The SMILES string of the molecule is CC[C@H](O)c1ccccc1N(C)CC1(O)CCCC1. The third-order valence-electron chi connectivity index (χ3n) is 4.16. The standard InChI is InChI=1S/C16H25NO2/c1-3-15(18)13-8-4-5-9-14(13)17(2)12-16(19)10-6-7-11-16/h4-5,8-9,15,18-19H,3,6-7,10-12H2,1-2H3/t15-/m0/s1. The third kappa shape index (κ3) is 3.28. The van der Waals surface area contributed by atoms with Gasteiger partial charge >= 0.3 is 0 Å². The van der Waals surface area contributed by atoms with Crippen molar-refractivity contribution in [2.75, 3.05) is 18.5 Å². The highest BCUT2D eigenvalue weighted by molar-refractivity contribution is 5.54. The second-order valence-electron chi connectivity index (χ2n) is 5.77. The molecule has 0 heterocycles. The topological polar surface area (TPSA) is 43.7 Å². The van der Waals surface area contributed by atoms with E-state index in [1.54, 1.807) is 0 Å². The van der Waals surface area contributed by atoms with Crippen LogP contribution in [0.2, 0.25) is 0 Å². The lowest BCUT2D eigenvalue weighted by Gasteiger charge is -2.32. The molecule has 19 heavy (non-hydrogen) atoms. The summed E-state index contributed by atoms with van der Waals surface area (Å²) in [5.74, 6) is 0. The van der Waals surface area contributed by atoms with E-state index in [4.69, 9.17) is 0 Å². The molecular formula is C16H25NO2. The largest absolute Gasteiger partial charge is 0.388 e. The first-order valence-electron chi connectivity index (χ1n) is 7.26. The van der Waals surface area contributed by atoms with Gasteiger partial charge in [-0.05, 0) is 25.3 Å². The first kappa shape index (κ1) is 14.4. The quantitative estimate of drug-likeness (QED) is 0.858. The van der Waals surface area contributed by atoms with Crippen LogP contribution in [0.4, 0.5) is 5.69 Å². The molecule has 0 amide bonds. The predicted octanol–water partition coefficient (Wildman–Crippen LogP) is 2.87. The van der Waals surface area contributed by atoms with Crippen molar-refractivity contribution < 1.29 is 10.2 Å². The lowest BCUT2D eigenvalue weighted by atomic mass is 10.00. The summed E-state index contributed by atoms with van der Waals surface area (Å²) in [4.78, 5) is 2.08. The van der Waals surface area contributed by atoms with E-state index < -0.39 is 11.7 Å². The van der Waals surface area contributed by atoms with Gasteiger partial charge in [0.1, 0.15) is 0 Å². The summed E-state index contributed by atoms with van der Waals surface area (Å²) in [6.45, 7) is 2.62. The van der Waals surface area contributed by atoms with Crippen molar-refractivity contribution in [3.8, 4) is 0 Å². The molecule has 1 saturated carbocycles. The fourth-order valence-corrected chi connectivity index (χ4v) is 3.05. The van der Waals surface area contributed by atoms with Crippen LogP contribution >= 0.6 is 0 Å². The number of likely N-dealkylation sites (N-methyl/N-ethyl adjacent to an activating group) is 1. The Morgan fingerprint density at radius 3 is 2.53 bits per heavy atom. The van der Waals surface area contributed by atoms with Gasteiger partial charge in [0.25, 0.3) is 0 Å². The number of nitrogens with zero attached hydrogens (tertiary/aromatic N) is 1. The number of hydrogen-bond donors (Lipinski definition) is 2. The Morgan fingerprint density at radius 2 is 1.89 bits per heavy atom. The minimum absolute atomic E-state index is 0.433. The van der Waals surface area contributed by atoms with Crippen LogP contribution in [0.1, 0.15) is 50.7 Å². The molecule has 0 unspecified atom stereocenters. The molecule has 1 fully saturated rings. The molecule has 1 aromatic rings. The average Bonchev–Trinajstić information content (AvgIpc) is 2.84. The molecule has 1 aliphatic rings. The molecule has 1 aliphatic carbocycles. The Labute approximate surface area is 115 Å². The van der Waals surface area contributed by atoms with E-state index in [1.807, 2.05) is 38.2 Å². The highest BCUT2D eigenvalue weighted by Crippen LogP contribution is 2.33. The van der Waals surface area contributed by atoms with Crippen molar-refractivity contribution in [3.05, 3.63) is 29.8 Å². The summed E-state index contributed by atoms with van der Waals surface area (Å²) in [6, 6.07) is 7.93. The van der Waals surface area contributed by atoms with E-state index in [9.17, 15) is 10.2 Å². The average molecular weight is 263 g/mol. The minimum atomic E-state index is -0.557. The van der Waals surface area contributed by atoms with E-state index in [0.29, 0.717) is 13.0 Å². The Morgan fingerprint density at radius 1 is 1.26 bits per heavy atom. The zero-order chi connectivity index (χ0) is 13.9. The van der Waals surface area contributed by atoms with Gasteiger partial charge in [-0.15, -0.1) is 0 Å². The van der Waals surface area contributed by atoms with Crippen LogP contribution in [0.5, 0.6) is 0 Å². The molecule has 2 rings (SSSR count). The van der Waals surface area contributed by atoms with Crippen molar-refractivity contribution in [1.82, 2.24) is 0 Å². The summed E-state index contributed by atoms with van der Waals surface area (Å²) in [6.07, 6.45) is 4.27. The van der Waals surface area contributed by atoms with E-state index in [1.165, 1.54) is 0 Å². The monoisotopic (exact) mass is 263 g/mol. The van der Waals surface area contributed by atoms with E-state index in [0.717, 1.165) is 36.9 Å². The Hall–Kier alpha value is -1.06. The van der Waals surface area contributed by atoms with Crippen LogP contribution < -0.4 is 4.90 Å². The van der Waals surface area contributed by atoms with E-state index in [-0.39, 0.29) is 0 Å². The van der Waals surface area contributed by atoms with Crippen molar-refractivity contribution >= 4 is 5.69 Å². The number of aliphatic hydroxyl groups is 2. The third-order valence-corrected chi connectivity index (χ3v) is 4.16. The lowest BCUT2D eigenvalue weighted by molar-refractivity contribution is 0.0557. The zero-order valence-corrected chi connectivity index (χ0v) is 12.0. The summed E-state index contributed by atoms with van der Waals surface area (Å²) < 4.78 is 0. The van der Waals surface area contributed by atoms with E-state index in [2.05, 4.69) is 4.90 Å². The fourth-order valence-electron chi connectivity index (χ4n) is 3.05. The molecule has 1 aromatic carbocycles. The minimum Gasteiger partial charge on any atom is -0.388 e. The fraction of sp³-hybridized carbons (Fsp3) is 0.625. The number of benzene rings is 1. The lowest BCUT2D eigenvalue weighted by Crippen LogP contribution is -2.39. The van der Waals surface area contributed by atoms with Crippen LogP contribution in [-0.2, 0) is 0 Å². The zero-order valence-electron chi connectivity index (χ0n) is 12.0. The van der Waals surface area contributed by atoms with Crippen molar-refractivity contribution in [2.45, 2.75) is 50.7 Å². The second-order valence-corrected chi connectivity index (χ2v) is 5.77. The Bertz CT molecular complexity index is 413. The van der Waals surface area contributed by atoms with Gasteiger partial charge in [0.2, 0.25) is 0 Å². The molecule has 0 bridgehead atoms. The Kier molecular flexibility index (Phi) is 4.48. The highest BCUT2D eigenvalue weighted by atomic mass is 16.3. The number of rotatable bonds is 5. The smallest absolute Gasteiger partial charge is 0.0821 e. The molecule has 0 aromatic heterocycles. The van der Waals surface area contributed by atoms with Crippen LogP contribution in [0.3, 0.4) is 0 Å². The second kappa shape index (κ2) is 5.93. The molecule has 1 atom stereocenters. The number of anilines is 1. The normalized spacial score (nSPS) is 19.4. The van der Waals surface area contributed by atoms with Gasteiger partial charge in [-0.25, -0.2) is 0 Å². The van der Waals surface area contributed by atoms with Gasteiger partial charge in [-0.2, -0.15) is 0 Å². The van der Waals surface area contributed by atoms with Crippen LogP contribution in [0.25, 0.3) is 0 Å². The maximum absolute atomic E-state index is 10.5. The van der Waals surface area contributed by atoms with Crippen LogP contribution in [0, 0.1) is 0 Å². The number of aliphatic hydroxyl groups excluding tert-OH is 1. The maximum Gasteiger partial charge on any atom is 0.0821 e. The van der Waals surface area contributed by atoms with Gasteiger partial charge < -0.3 is 15.1 Å². The van der Waals surface area contributed by atoms with Gasteiger partial charge in [0, 0.05) is 24.8 Å². The molecule has 0 spiro atoms. The first-order chi connectivity index (χ1) is 9.06. The van der Waals surface area contributed by atoms with E-state index >= 15 is 0 Å². The highest BCUT2D eigenvalue weighted by Gasteiger charge is 2.32. The van der Waals surface area contributed by atoms with Gasteiger partial charge in [-0.3, -0.25) is 0 Å². The molecular weight excluding hydrogens is 238 g/mol. The molecule has 3 heteroatoms. The molecule has 0 radical (unpaired) electrons. The van der Waals surface area contributed by atoms with Crippen molar-refractivity contribution in [2.24, 2.45) is 0 Å². The molecule has 0 saturated heterocycles. The Balaban J connectivity index is 2.16. The molecule has 2 N–H and O–H groups in total. The molecule has 3 nitrogen and oxygen atoms in total. The summed E-state index contributed by atoms with van der Waals surface area (Å²) >= 11 is 0. The maximum atomic E-state index is 10.5.